The maximum absolute atomic E-state index is 11.6. The number of nitrogens with two attached hydrogens (primary N) is 2. The van der Waals surface area contributed by atoms with Gasteiger partial charge in [0.1, 0.15) is 22.9 Å². The molecule has 2 radical (unpaired) electrons. The number of nitrogen functional groups attached to an aromatic ring is 2. The molecule has 0 aliphatic carbocycles. The Hall–Kier alpha value is -3.94. The van der Waals surface area contributed by atoms with E-state index in [-0.39, 0.29) is 103 Å². The van der Waals surface area contributed by atoms with Crippen LogP contribution in [0.5, 0.6) is 11.5 Å². The molecule has 0 atom stereocenters. The van der Waals surface area contributed by atoms with Gasteiger partial charge in [-0.25, -0.2) is 0 Å². The zero-order chi connectivity index (χ0) is 34.4. The number of phenols is 2. The van der Waals surface area contributed by atoms with Crippen molar-refractivity contribution < 1.29 is 36.2 Å². The first-order chi connectivity index (χ1) is 22.7. The SMILES string of the molecule is Nc1ccc2cc(S(=O)(=O)O)cc(O)c2c1N=Nc1ccc(-c2ccc(N=Nc3c(N)ccc4cc(S(=O)(=O)O)cc(O)c34)cc2)cc1.[Na].[Na]. The second-order valence-corrected chi connectivity index (χ2v) is 13.4. The molecule has 0 bridgehead atoms. The largest absolute Gasteiger partial charge is 0.507 e. The molecule has 0 heterocycles. The topological polar surface area (TPSA) is 251 Å². The minimum atomic E-state index is -4.54. The number of hydrogen-bond acceptors (Lipinski definition) is 12. The molecule has 50 heavy (non-hydrogen) atoms. The predicted octanol–water partition coefficient (Wildman–Crippen LogP) is 6.80. The van der Waals surface area contributed by atoms with E-state index in [9.17, 15) is 36.2 Å². The van der Waals surface area contributed by atoms with Crippen LogP contribution in [0.15, 0.2) is 127 Å². The molecule has 8 N–H and O–H groups in total. The summed E-state index contributed by atoms with van der Waals surface area (Å²) in [5.41, 5.74) is 15.4. The van der Waals surface area contributed by atoms with Crippen LogP contribution in [0.1, 0.15) is 0 Å². The first-order valence-corrected chi connectivity index (χ1v) is 16.7. The summed E-state index contributed by atoms with van der Waals surface area (Å²) in [6.07, 6.45) is 0. The van der Waals surface area contributed by atoms with Gasteiger partial charge in [-0.1, -0.05) is 36.4 Å². The molecular weight excluding hydrogens is 707 g/mol. The summed E-state index contributed by atoms with van der Waals surface area (Å²) >= 11 is 0. The Labute approximate surface area is 329 Å². The van der Waals surface area contributed by atoms with Crippen LogP contribution in [0.25, 0.3) is 32.7 Å². The van der Waals surface area contributed by atoms with Gasteiger partial charge in [0.2, 0.25) is 0 Å². The number of fused-ring (bicyclic) bond motifs is 2. The number of rotatable bonds is 7. The molecule has 0 amide bonds. The Morgan fingerprint density at radius 1 is 0.480 bits per heavy atom. The second-order valence-electron chi connectivity index (χ2n) is 10.5. The molecule has 0 saturated carbocycles. The van der Waals surface area contributed by atoms with Crippen LogP contribution < -0.4 is 11.5 Å². The summed E-state index contributed by atoms with van der Waals surface area (Å²) in [6.45, 7) is 0. The molecule has 6 aromatic rings. The molecule has 0 unspecified atom stereocenters. The maximum atomic E-state index is 11.6. The summed E-state index contributed by atoms with van der Waals surface area (Å²) in [4.78, 5) is -0.943. The fourth-order valence-corrected chi connectivity index (χ4v) is 6.07. The van der Waals surface area contributed by atoms with Gasteiger partial charge in [-0.15, -0.1) is 10.2 Å². The van der Waals surface area contributed by atoms with Gasteiger partial charge in [-0.3, -0.25) is 9.11 Å². The van der Waals surface area contributed by atoms with Gasteiger partial charge in [0.15, 0.2) is 0 Å². The van der Waals surface area contributed by atoms with E-state index in [1.807, 2.05) is 24.3 Å². The van der Waals surface area contributed by atoms with Crippen LogP contribution in [0, 0.1) is 0 Å². The first-order valence-electron chi connectivity index (χ1n) is 13.8. The van der Waals surface area contributed by atoms with E-state index in [1.165, 1.54) is 36.4 Å². The fourth-order valence-electron chi connectivity index (χ4n) is 5.00. The van der Waals surface area contributed by atoms with Crippen molar-refractivity contribution in [2.24, 2.45) is 20.5 Å². The smallest absolute Gasteiger partial charge is 0.294 e. The summed E-state index contributed by atoms with van der Waals surface area (Å²) in [5, 5.41) is 38.8. The minimum absolute atomic E-state index is 0. The zero-order valence-corrected chi connectivity index (χ0v) is 32.1. The molecule has 6 rings (SSSR count). The van der Waals surface area contributed by atoms with Crippen LogP contribution in [0.2, 0.25) is 0 Å². The maximum Gasteiger partial charge on any atom is 0.294 e. The number of hydrogen-bond donors (Lipinski definition) is 6. The second kappa shape index (κ2) is 15.1. The Balaban J connectivity index is 0.00000281. The van der Waals surface area contributed by atoms with E-state index in [1.54, 1.807) is 24.3 Å². The summed E-state index contributed by atoms with van der Waals surface area (Å²) in [6, 6.07) is 24.3. The molecule has 244 valence electrons. The van der Waals surface area contributed by atoms with E-state index in [0.29, 0.717) is 11.4 Å². The molecular formula is C32H24N6Na2O8S2. The molecule has 0 aromatic heterocycles. The van der Waals surface area contributed by atoms with Crippen LogP contribution in [0.4, 0.5) is 34.1 Å². The Bertz CT molecular complexity index is 2370. The van der Waals surface area contributed by atoms with Gasteiger partial charge in [-0.05, 0) is 70.4 Å². The molecule has 0 aliphatic rings. The minimum Gasteiger partial charge on any atom is -0.507 e. The van der Waals surface area contributed by atoms with Crippen LogP contribution in [-0.4, -0.2) is 95.3 Å². The van der Waals surface area contributed by atoms with Crippen molar-refractivity contribution in [2.45, 2.75) is 9.79 Å². The van der Waals surface area contributed by atoms with E-state index >= 15 is 0 Å². The van der Waals surface area contributed by atoms with Crippen molar-refractivity contribution in [3.05, 3.63) is 97.1 Å². The Morgan fingerprint density at radius 3 is 1.14 bits per heavy atom. The zero-order valence-electron chi connectivity index (χ0n) is 26.4. The normalized spacial score (nSPS) is 12.0. The average Bonchev–Trinajstić information content (AvgIpc) is 3.03. The quantitative estimate of drug-likeness (QED) is 0.0434. The van der Waals surface area contributed by atoms with Crippen molar-refractivity contribution >= 4 is 135 Å². The van der Waals surface area contributed by atoms with Crippen molar-refractivity contribution in [2.75, 3.05) is 11.5 Å². The number of phenolic OH excluding ortho intramolecular Hbond substituents is 2. The van der Waals surface area contributed by atoms with Crippen molar-refractivity contribution in [1.29, 1.82) is 0 Å². The van der Waals surface area contributed by atoms with Crippen molar-refractivity contribution in [3.8, 4) is 22.6 Å². The molecule has 14 nitrogen and oxygen atoms in total. The molecule has 0 spiro atoms. The molecule has 0 aliphatic heterocycles. The molecule has 0 saturated heterocycles. The fraction of sp³-hybridized carbons (Fsp3) is 0. The van der Waals surface area contributed by atoms with Gasteiger partial charge < -0.3 is 21.7 Å². The monoisotopic (exact) mass is 730 g/mol. The van der Waals surface area contributed by atoms with Gasteiger partial charge in [0.25, 0.3) is 20.2 Å². The third kappa shape index (κ3) is 8.16. The van der Waals surface area contributed by atoms with Gasteiger partial charge in [-0.2, -0.15) is 27.1 Å². The number of benzene rings is 6. The van der Waals surface area contributed by atoms with Crippen LogP contribution >= 0.6 is 0 Å². The third-order valence-electron chi connectivity index (χ3n) is 7.34. The Kier molecular flexibility index (Phi) is 11.8. The van der Waals surface area contributed by atoms with Crippen LogP contribution in [0.3, 0.4) is 0 Å². The van der Waals surface area contributed by atoms with E-state index in [2.05, 4.69) is 20.5 Å². The van der Waals surface area contributed by atoms with Crippen molar-refractivity contribution in [3.63, 3.8) is 0 Å². The van der Waals surface area contributed by atoms with Gasteiger partial charge in [0.05, 0.1) is 43.3 Å². The first kappa shape index (κ1) is 38.9. The number of anilines is 2. The van der Waals surface area contributed by atoms with Crippen LogP contribution in [-0.2, 0) is 20.2 Å². The van der Waals surface area contributed by atoms with Gasteiger partial charge >= 0.3 is 0 Å². The standard InChI is InChI=1S/C32H24N6O8S2.2Na/c33-25-11-5-19-13-23(47(41,42)43)15-27(39)29(19)31(25)37-35-21-7-1-17(2-8-21)18-3-9-22(10-4-18)36-38-32-26(34)12-6-20-14-24(48(44,45)46)16-28(40)30(20)32;;/h1-16,39-40H,33-34H2,(H,41,42,43)(H,44,45,46);;. The summed E-state index contributed by atoms with van der Waals surface area (Å²) in [7, 11) is -9.09. The van der Waals surface area contributed by atoms with E-state index in [0.717, 1.165) is 23.3 Å². The molecule has 6 aromatic carbocycles. The number of azo groups is 2. The van der Waals surface area contributed by atoms with Crippen molar-refractivity contribution in [1.82, 2.24) is 0 Å². The van der Waals surface area contributed by atoms with Gasteiger partial charge in [0, 0.05) is 71.2 Å². The average molecular weight is 731 g/mol. The molecule has 18 heteroatoms. The Morgan fingerprint density at radius 2 is 0.820 bits per heavy atom. The number of nitrogens with zero attached hydrogens (tertiary/aromatic N) is 4. The summed E-state index contributed by atoms with van der Waals surface area (Å²) in [5.74, 6) is -0.875. The summed E-state index contributed by atoms with van der Waals surface area (Å²) < 4.78 is 64.9. The third-order valence-corrected chi connectivity index (χ3v) is 9.01. The number of aromatic hydroxyl groups is 2. The molecule has 0 fully saturated rings. The van der Waals surface area contributed by atoms with E-state index < -0.39 is 41.5 Å². The predicted molar refractivity (Wildman–Crippen MR) is 191 cm³/mol. The van der Waals surface area contributed by atoms with E-state index in [4.69, 9.17) is 11.5 Å².